The number of aromatic nitrogens is 4. The Morgan fingerprint density at radius 1 is 1.19 bits per heavy atom. The Kier molecular flexibility index (Phi) is 3.46. The molecule has 0 saturated heterocycles. The van der Waals surface area contributed by atoms with Gasteiger partial charge >= 0.3 is 0 Å². The average Bonchev–Trinajstić information content (AvgIpc) is 3.31. The van der Waals surface area contributed by atoms with Crippen LogP contribution in [-0.4, -0.2) is 25.4 Å². The first-order chi connectivity index (χ1) is 12.7. The molecule has 1 atom stereocenters. The Morgan fingerprint density at radius 3 is 2.92 bits per heavy atom. The number of nitrogens with zero attached hydrogens (tertiary/aromatic N) is 4. The number of hydrogen-bond acceptors (Lipinski definition) is 5. The average molecular weight is 360 g/mol. The zero-order valence-electron chi connectivity index (χ0n) is 14.2. The van der Waals surface area contributed by atoms with Crippen LogP contribution in [0.5, 0.6) is 0 Å². The number of Topliss-reactive ketones (excluding diaryl/α,β-unsaturated/α-hetero) is 1. The number of rotatable bonds is 2. The van der Waals surface area contributed by atoms with Gasteiger partial charge in [-0.3, -0.25) is 4.79 Å². The van der Waals surface area contributed by atoms with Crippen molar-refractivity contribution in [1.29, 1.82) is 0 Å². The van der Waals surface area contributed by atoms with Crippen LogP contribution in [0, 0.1) is 6.92 Å². The van der Waals surface area contributed by atoms with Gasteiger partial charge in [0.2, 0.25) is 0 Å². The standard InChI is InChI=1S/C20H16N4OS/c1-12-4-2-5-13(8-12)14-9-16-15(17(25)10-14)11-21-20-22-19(23-24(16)20)18-6-3-7-26-18/h2-8,11,14H,9-10H2,1H3. The maximum absolute atomic E-state index is 12.7. The third-order valence-corrected chi connectivity index (χ3v) is 5.76. The first-order valence-electron chi connectivity index (χ1n) is 8.57. The molecule has 0 bridgehead atoms. The van der Waals surface area contributed by atoms with E-state index in [2.05, 4.69) is 46.3 Å². The smallest absolute Gasteiger partial charge is 0.253 e. The van der Waals surface area contributed by atoms with E-state index in [1.54, 1.807) is 22.0 Å². The van der Waals surface area contributed by atoms with Crippen LogP contribution in [0.1, 0.15) is 39.5 Å². The van der Waals surface area contributed by atoms with Crippen LogP contribution < -0.4 is 0 Å². The molecule has 0 fully saturated rings. The Labute approximate surface area is 154 Å². The lowest BCUT2D eigenvalue weighted by Gasteiger charge is -2.24. The quantitative estimate of drug-likeness (QED) is 0.540. The Hall–Kier alpha value is -2.86. The summed E-state index contributed by atoms with van der Waals surface area (Å²) in [4.78, 5) is 22.6. The maximum Gasteiger partial charge on any atom is 0.253 e. The van der Waals surface area contributed by atoms with Crippen molar-refractivity contribution in [3.8, 4) is 10.7 Å². The summed E-state index contributed by atoms with van der Waals surface area (Å²) in [5.41, 5.74) is 3.99. The van der Waals surface area contributed by atoms with E-state index in [4.69, 9.17) is 0 Å². The molecule has 3 heterocycles. The fraction of sp³-hybridized carbons (Fsp3) is 0.200. The molecular formula is C20H16N4OS. The number of carbonyl (C=O) groups excluding carboxylic acids is 1. The van der Waals surface area contributed by atoms with E-state index in [-0.39, 0.29) is 11.7 Å². The second-order valence-corrected chi connectivity index (χ2v) is 7.63. The van der Waals surface area contributed by atoms with Gasteiger partial charge in [0.05, 0.1) is 16.1 Å². The van der Waals surface area contributed by atoms with Gasteiger partial charge in [-0.2, -0.15) is 9.50 Å². The lowest BCUT2D eigenvalue weighted by molar-refractivity contribution is 0.0962. The van der Waals surface area contributed by atoms with Gasteiger partial charge in [0.1, 0.15) is 0 Å². The third kappa shape index (κ3) is 2.45. The summed E-state index contributed by atoms with van der Waals surface area (Å²) in [6, 6.07) is 12.4. The van der Waals surface area contributed by atoms with E-state index in [9.17, 15) is 4.79 Å². The van der Waals surface area contributed by atoms with Crippen molar-refractivity contribution < 1.29 is 4.79 Å². The molecule has 5 rings (SSSR count). The van der Waals surface area contributed by atoms with Gasteiger partial charge in [-0.25, -0.2) is 4.98 Å². The van der Waals surface area contributed by atoms with Crippen molar-refractivity contribution in [3.05, 3.63) is 70.4 Å². The molecule has 26 heavy (non-hydrogen) atoms. The maximum atomic E-state index is 12.7. The molecule has 6 heteroatoms. The number of benzene rings is 1. The van der Waals surface area contributed by atoms with Gasteiger partial charge in [-0.1, -0.05) is 35.9 Å². The summed E-state index contributed by atoms with van der Waals surface area (Å²) >= 11 is 1.60. The predicted molar refractivity (Wildman–Crippen MR) is 101 cm³/mol. The van der Waals surface area contributed by atoms with E-state index < -0.39 is 0 Å². The van der Waals surface area contributed by atoms with Crippen molar-refractivity contribution in [2.45, 2.75) is 25.7 Å². The highest BCUT2D eigenvalue weighted by Crippen LogP contribution is 2.33. The van der Waals surface area contributed by atoms with E-state index >= 15 is 0 Å². The minimum absolute atomic E-state index is 0.125. The van der Waals surface area contributed by atoms with E-state index in [0.717, 1.165) is 17.0 Å². The van der Waals surface area contributed by atoms with Gasteiger partial charge in [0.15, 0.2) is 11.6 Å². The zero-order chi connectivity index (χ0) is 17.7. The van der Waals surface area contributed by atoms with Crippen LogP contribution in [0.2, 0.25) is 0 Å². The zero-order valence-corrected chi connectivity index (χ0v) is 15.0. The number of aryl methyl sites for hydroxylation is 1. The molecule has 128 valence electrons. The molecule has 1 aliphatic rings. The monoisotopic (exact) mass is 360 g/mol. The Balaban J connectivity index is 1.63. The van der Waals surface area contributed by atoms with Crippen LogP contribution in [-0.2, 0) is 6.42 Å². The summed E-state index contributed by atoms with van der Waals surface area (Å²) in [6.45, 7) is 2.08. The van der Waals surface area contributed by atoms with Crippen LogP contribution >= 0.6 is 11.3 Å². The largest absolute Gasteiger partial charge is 0.294 e. The van der Waals surface area contributed by atoms with Crippen molar-refractivity contribution in [3.63, 3.8) is 0 Å². The van der Waals surface area contributed by atoms with E-state index in [1.807, 2.05) is 17.5 Å². The normalized spacial score (nSPS) is 16.8. The van der Waals surface area contributed by atoms with Crippen LogP contribution in [0.25, 0.3) is 16.5 Å². The lowest BCUT2D eigenvalue weighted by atomic mass is 9.82. The fourth-order valence-corrected chi connectivity index (χ4v) is 4.27. The molecule has 0 radical (unpaired) electrons. The number of fused-ring (bicyclic) bond motifs is 3. The minimum atomic E-state index is 0.125. The number of carbonyl (C=O) groups is 1. The van der Waals surface area contributed by atoms with E-state index in [0.29, 0.717) is 23.6 Å². The SMILES string of the molecule is Cc1cccc(C2CC(=O)c3cnc4nc(-c5cccs5)nn4c3C2)c1. The molecule has 0 saturated carbocycles. The molecule has 0 spiro atoms. The lowest BCUT2D eigenvalue weighted by Crippen LogP contribution is -2.22. The summed E-state index contributed by atoms with van der Waals surface area (Å²) in [7, 11) is 0. The second kappa shape index (κ2) is 5.85. The summed E-state index contributed by atoms with van der Waals surface area (Å²) in [6.07, 6.45) is 2.93. The molecule has 0 N–H and O–H groups in total. The van der Waals surface area contributed by atoms with Crippen molar-refractivity contribution in [1.82, 2.24) is 19.6 Å². The van der Waals surface area contributed by atoms with Crippen LogP contribution in [0.15, 0.2) is 48.0 Å². The first kappa shape index (κ1) is 15.4. The molecule has 1 aliphatic carbocycles. The van der Waals surface area contributed by atoms with Gasteiger partial charge in [0.25, 0.3) is 5.78 Å². The number of thiophene rings is 1. The Bertz CT molecular complexity index is 1130. The molecule has 3 aromatic heterocycles. The highest BCUT2D eigenvalue weighted by atomic mass is 32.1. The highest BCUT2D eigenvalue weighted by Gasteiger charge is 2.29. The molecule has 0 amide bonds. The molecule has 4 aromatic rings. The molecular weight excluding hydrogens is 344 g/mol. The molecule has 5 nitrogen and oxygen atoms in total. The van der Waals surface area contributed by atoms with Crippen molar-refractivity contribution >= 4 is 22.9 Å². The van der Waals surface area contributed by atoms with Gasteiger partial charge < -0.3 is 0 Å². The van der Waals surface area contributed by atoms with Crippen LogP contribution in [0.4, 0.5) is 0 Å². The molecule has 0 aliphatic heterocycles. The summed E-state index contributed by atoms with van der Waals surface area (Å²) in [5.74, 6) is 1.49. The van der Waals surface area contributed by atoms with Crippen molar-refractivity contribution in [2.24, 2.45) is 0 Å². The topological polar surface area (TPSA) is 60.2 Å². The number of hydrogen-bond donors (Lipinski definition) is 0. The number of ketones is 1. The van der Waals surface area contributed by atoms with Crippen LogP contribution in [0.3, 0.4) is 0 Å². The van der Waals surface area contributed by atoms with Gasteiger partial charge in [-0.15, -0.1) is 16.4 Å². The highest BCUT2D eigenvalue weighted by molar-refractivity contribution is 7.13. The summed E-state index contributed by atoms with van der Waals surface area (Å²) < 4.78 is 1.75. The predicted octanol–water partition coefficient (Wildman–Crippen LogP) is 4.07. The van der Waals surface area contributed by atoms with E-state index in [1.165, 1.54) is 11.1 Å². The second-order valence-electron chi connectivity index (χ2n) is 6.69. The molecule has 1 unspecified atom stereocenters. The first-order valence-corrected chi connectivity index (χ1v) is 9.45. The van der Waals surface area contributed by atoms with Gasteiger partial charge in [-0.05, 0) is 36.3 Å². The third-order valence-electron chi connectivity index (χ3n) is 4.89. The molecule has 1 aromatic carbocycles. The van der Waals surface area contributed by atoms with Gasteiger partial charge in [0, 0.05) is 12.6 Å². The fourth-order valence-electron chi connectivity index (χ4n) is 3.62. The minimum Gasteiger partial charge on any atom is -0.294 e. The van der Waals surface area contributed by atoms with Crippen molar-refractivity contribution in [2.75, 3.05) is 0 Å². The summed E-state index contributed by atoms with van der Waals surface area (Å²) in [5, 5.41) is 6.65. The Morgan fingerprint density at radius 2 is 2.12 bits per heavy atom.